The van der Waals surface area contributed by atoms with Crippen molar-refractivity contribution in [3.63, 3.8) is 0 Å². The van der Waals surface area contributed by atoms with E-state index in [-0.39, 0.29) is 17.3 Å². The monoisotopic (exact) mass is 462 g/mol. The Morgan fingerprint density at radius 1 is 1.03 bits per heavy atom. The number of carbonyl (C=O) groups is 1. The van der Waals surface area contributed by atoms with E-state index in [1.165, 1.54) is 25.3 Å². The highest BCUT2D eigenvalue weighted by Crippen LogP contribution is 2.33. The lowest BCUT2D eigenvalue weighted by molar-refractivity contribution is -0.141. The Kier molecular flexibility index (Phi) is 6.85. The van der Waals surface area contributed by atoms with Crippen LogP contribution in [0.5, 0.6) is 5.88 Å². The molecular formula is C23H22F4N4O2. The highest BCUT2D eigenvalue weighted by atomic mass is 19.4. The van der Waals surface area contributed by atoms with Crippen molar-refractivity contribution in [2.45, 2.75) is 32.9 Å². The maximum absolute atomic E-state index is 13.7. The first-order chi connectivity index (χ1) is 15.5. The molecule has 1 aromatic carbocycles. The molecule has 0 bridgehead atoms. The molecule has 10 heteroatoms. The predicted molar refractivity (Wildman–Crippen MR) is 116 cm³/mol. The summed E-state index contributed by atoms with van der Waals surface area (Å²) in [7, 11) is 1.45. The number of aromatic nitrogens is 2. The molecule has 2 heterocycles. The predicted octanol–water partition coefficient (Wildman–Crippen LogP) is 6.07. The molecule has 0 fully saturated rings. The quantitative estimate of drug-likeness (QED) is 0.435. The van der Waals surface area contributed by atoms with Crippen molar-refractivity contribution in [1.29, 1.82) is 0 Å². The van der Waals surface area contributed by atoms with Crippen molar-refractivity contribution in [2.75, 3.05) is 17.7 Å². The normalized spacial score (nSPS) is 11.4. The third kappa shape index (κ3) is 5.57. The van der Waals surface area contributed by atoms with Crippen molar-refractivity contribution in [3.05, 3.63) is 70.8 Å². The first-order valence-electron chi connectivity index (χ1n) is 9.97. The third-order valence-corrected chi connectivity index (χ3v) is 4.84. The molecule has 33 heavy (non-hydrogen) atoms. The second-order valence-corrected chi connectivity index (χ2v) is 7.54. The largest absolute Gasteiger partial charge is 0.481 e. The molecule has 6 nitrogen and oxygen atoms in total. The van der Waals surface area contributed by atoms with E-state index in [0.29, 0.717) is 28.5 Å². The minimum atomic E-state index is -4.72. The summed E-state index contributed by atoms with van der Waals surface area (Å²) in [6.07, 6.45) is -4.72. The summed E-state index contributed by atoms with van der Waals surface area (Å²) in [6, 6.07) is 8.73. The second kappa shape index (κ2) is 9.43. The van der Waals surface area contributed by atoms with Gasteiger partial charge in [-0.3, -0.25) is 4.79 Å². The second-order valence-electron chi connectivity index (χ2n) is 7.54. The zero-order valence-electron chi connectivity index (χ0n) is 18.3. The maximum atomic E-state index is 13.7. The first-order valence-corrected chi connectivity index (χ1v) is 9.97. The van der Waals surface area contributed by atoms with Gasteiger partial charge in [-0.05, 0) is 54.8 Å². The van der Waals surface area contributed by atoms with Gasteiger partial charge in [-0.15, -0.1) is 0 Å². The summed E-state index contributed by atoms with van der Waals surface area (Å²) in [6.45, 7) is 5.27. The van der Waals surface area contributed by atoms with Gasteiger partial charge in [-0.2, -0.15) is 13.2 Å². The number of ether oxygens (including phenoxy) is 1. The number of hydrogen-bond acceptors (Lipinski definition) is 5. The third-order valence-electron chi connectivity index (χ3n) is 4.84. The van der Waals surface area contributed by atoms with E-state index in [2.05, 4.69) is 20.6 Å². The highest BCUT2D eigenvalue weighted by molar-refractivity contribution is 6.08. The zero-order valence-corrected chi connectivity index (χ0v) is 18.3. The van der Waals surface area contributed by atoms with Gasteiger partial charge in [0, 0.05) is 11.8 Å². The van der Waals surface area contributed by atoms with Crippen LogP contribution < -0.4 is 15.4 Å². The molecule has 0 atom stereocenters. The van der Waals surface area contributed by atoms with E-state index in [1.807, 2.05) is 13.8 Å². The molecule has 0 radical (unpaired) electrons. The molecule has 1 amide bonds. The van der Waals surface area contributed by atoms with Crippen molar-refractivity contribution in [3.8, 4) is 5.88 Å². The van der Waals surface area contributed by atoms with Crippen molar-refractivity contribution in [2.24, 2.45) is 0 Å². The Bertz CT molecular complexity index is 1180. The Morgan fingerprint density at radius 2 is 1.73 bits per heavy atom. The average molecular weight is 462 g/mol. The van der Waals surface area contributed by atoms with Gasteiger partial charge in [0.15, 0.2) is 0 Å². The molecule has 3 aromatic rings. The van der Waals surface area contributed by atoms with Crippen LogP contribution in [-0.2, 0) is 6.18 Å². The summed E-state index contributed by atoms with van der Waals surface area (Å²) < 4.78 is 58.7. The lowest BCUT2D eigenvalue weighted by Gasteiger charge is -2.18. The standard InChI is InChI=1S/C23H22F4N4O2/c1-12(2)16-11-14(24)5-7-18(16)29-21-15(6-9-19(31-21)23(25,26)27)22(32)30-17-8-10-20(33-4)28-13(17)3/h5-12H,1-4H3,(H,29,31)(H,30,32). The van der Waals surface area contributed by atoms with Crippen LogP contribution in [0.1, 0.15) is 47.1 Å². The van der Waals surface area contributed by atoms with Crippen LogP contribution in [0.3, 0.4) is 0 Å². The number of aryl methyl sites for hydroxylation is 1. The minimum Gasteiger partial charge on any atom is -0.481 e. The number of nitrogens with one attached hydrogen (secondary N) is 2. The zero-order chi connectivity index (χ0) is 24.3. The number of alkyl halides is 3. The first kappa shape index (κ1) is 24.0. The van der Waals surface area contributed by atoms with Crippen molar-refractivity contribution < 1.29 is 27.1 Å². The van der Waals surface area contributed by atoms with Gasteiger partial charge in [0.2, 0.25) is 5.88 Å². The van der Waals surface area contributed by atoms with E-state index in [9.17, 15) is 22.4 Å². The lowest BCUT2D eigenvalue weighted by atomic mass is 10.0. The molecule has 3 rings (SSSR count). The lowest BCUT2D eigenvalue weighted by Crippen LogP contribution is -2.18. The SMILES string of the molecule is COc1ccc(NC(=O)c2ccc(C(F)(F)F)nc2Nc2ccc(F)cc2C(C)C)c(C)n1. The fourth-order valence-electron chi connectivity index (χ4n) is 3.12. The summed E-state index contributed by atoms with van der Waals surface area (Å²) in [5.41, 5.74) is 0.383. The van der Waals surface area contributed by atoms with E-state index in [1.54, 1.807) is 19.1 Å². The number of nitrogens with zero attached hydrogens (tertiary/aromatic N) is 2. The fraction of sp³-hybridized carbons (Fsp3) is 0.261. The minimum absolute atomic E-state index is 0.128. The van der Waals surface area contributed by atoms with Gasteiger partial charge < -0.3 is 15.4 Å². The summed E-state index contributed by atoms with van der Waals surface area (Å²) >= 11 is 0. The number of pyridine rings is 2. The number of methoxy groups -OCH3 is 1. The molecule has 0 saturated carbocycles. The van der Waals surface area contributed by atoms with Crippen LogP contribution >= 0.6 is 0 Å². The topological polar surface area (TPSA) is 76.1 Å². The number of anilines is 3. The highest BCUT2D eigenvalue weighted by Gasteiger charge is 2.33. The van der Waals surface area contributed by atoms with Crippen LogP contribution in [0.25, 0.3) is 0 Å². The molecule has 2 aromatic heterocycles. The Hall–Kier alpha value is -3.69. The number of carbonyl (C=O) groups excluding carboxylic acids is 1. The summed E-state index contributed by atoms with van der Waals surface area (Å²) in [4.78, 5) is 20.8. The average Bonchev–Trinajstić information content (AvgIpc) is 2.75. The fourth-order valence-corrected chi connectivity index (χ4v) is 3.12. The number of amides is 1. The van der Waals surface area contributed by atoms with E-state index < -0.39 is 23.6 Å². The number of halogens is 4. The van der Waals surface area contributed by atoms with Gasteiger partial charge >= 0.3 is 6.18 Å². The molecule has 0 aliphatic rings. The molecular weight excluding hydrogens is 440 g/mol. The van der Waals surface area contributed by atoms with Crippen LogP contribution in [0.4, 0.5) is 34.8 Å². The number of benzene rings is 1. The Balaban J connectivity index is 2.03. The molecule has 0 saturated heterocycles. The molecule has 0 aliphatic carbocycles. The van der Waals surface area contributed by atoms with Crippen molar-refractivity contribution >= 4 is 23.1 Å². The summed E-state index contributed by atoms with van der Waals surface area (Å²) in [5.74, 6) is -1.28. The van der Waals surface area contributed by atoms with Gasteiger partial charge in [-0.25, -0.2) is 14.4 Å². The Labute approximate surface area is 188 Å². The van der Waals surface area contributed by atoms with E-state index >= 15 is 0 Å². The molecule has 2 N–H and O–H groups in total. The molecule has 0 aliphatic heterocycles. The molecule has 0 spiro atoms. The number of hydrogen-bond donors (Lipinski definition) is 2. The van der Waals surface area contributed by atoms with Gasteiger partial charge in [0.05, 0.1) is 24.1 Å². The molecule has 174 valence electrons. The van der Waals surface area contributed by atoms with Crippen LogP contribution in [0.15, 0.2) is 42.5 Å². The van der Waals surface area contributed by atoms with Crippen LogP contribution in [-0.4, -0.2) is 23.0 Å². The molecule has 0 unspecified atom stereocenters. The maximum Gasteiger partial charge on any atom is 0.433 e. The Morgan fingerprint density at radius 3 is 2.33 bits per heavy atom. The van der Waals surface area contributed by atoms with Crippen LogP contribution in [0, 0.1) is 12.7 Å². The smallest absolute Gasteiger partial charge is 0.433 e. The van der Waals surface area contributed by atoms with Gasteiger partial charge in [-0.1, -0.05) is 13.8 Å². The number of rotatable bonds is 6. The van der Waals surface area contributed by atoms with Gasteiger partial charge in [0.1, 0.15) is 17.3 Å². The van der Waals surface area contributed by atoms with Crippen LogP contribution in [0.2, 0.25) is 0 Å². The van der Waals surface area contributed by atoms with Gasteiger partial charge in [0.25, 0.3) is 5.91 Å². The van der Waals surface area contributed by atoms with E-state index in [0.717, 1.165) is 12.1 Å². The van der Waals surface area contributed by atoms with E-state index in [4.69, 9.17) is 4.74 Å². The summed E-state index contributed by atoms with van der Waals surface area (Å²) in [5, 5.41) is 5.42. The van der Waals surface area contributed by atoms with Crippen molar-refractivity contribution in [1.82, 2.24) is 9.97 Å².